The van der Waals surface area contributed by atoms with Crippen LogP contribution in [0.4, 0.5) is 0 Å². The van der Waals surface area contributed by atoms with Gasteiger partial charge in [-0.1, -0.05) is 52.3 Å². The number of aromatic amines is 2. The van der Waals surface area contributed by atoms with Crippen molar-refractivity contribution in [3.63, 3.8) is 0 Å². The first-order valence-electron chi connectivity index (χ1n) is 15.6. The Morgan fingerprint density at radius 2 is 1.83 bits per heavy atom. The van der Waals surface area contributed by atoms with Gasteiger partial charge in [0.25, 0.3) is 0 Å². The van der Waals surface area contributed by atoms with Crippen LogP contribution in [0.15, 0.2) is 36.5 Å². The molecule has 0 aliphatic heterocycles. The summed E-state index contributed by atoms with van der Waals surface area (Å²) in [4.78, 5) is 16.5. The molecule has 4 aromatic rings. The lowest BCUT2D eigenvalue weighted by Crippen LogP contribution is -2.34. The van der Waals surface area contributed by atoms with Crippen LogP contribution in [0.3, 0.4) is 0 Å². The number of imidazole rings is 2. The van der Waals surface area contributed by atoms with Gasteiger partial charge < -0.3 is 15.7 Å². The molecule has 0 saturated heterocycles. The van der Waals surface area contributed by atoms with Gasteiger partial charge >= 0.3 is 0 Å². The number of hydrogen-bond donors (Lipinski definition) is 4. The largest absolute Gasteiger partial charge is 0.344 e. The molecule has 7 nitrogen and oxygen atoms in total. The second-order valence-corrected chi connectivity index (χ2v) is 11.2. The smallest absolute Gasteiger partial charge is 0.122 e. The second-order valence-electron chi connectivity index (χ2n) is 11.2. The highest BCUT2D eigenvalue weighted by Crippen LogP contribution is 2.46. The first kappa shape index (κ1) is 29.2. The minimum atomic E-state index is 0.421. The van der Waals surface area contributed by atoms with Gasteiger partial charge in [-0.2, -0.15) is 0 Å². The minimum absolute atomic E-state index is 0.421. The monoisotopic (exact) mass is 553 g/mol. The van der Waals surface area contributed by atoms with E-state index in [0.717, 1.165) is 67.4 Å². The normalized spacial score (nSPS) is 14.3. The van der Waals surface area contributed by atoms with Crippen molar-refractivity contribution in [2.45, 2.75) is 91.6 Å². The van der Waals surface area contributed by atoms with E-state index < -0.39 is 0 Å². The summed E-state index contributed by atoms with van der Waals surface area (Å²) in [5.74, 6) is 2.48. The van der Waals surface area contributed by atoms with Gasteiger partial charge in [0.1, 0.15) is 11.6 Å². The van der Waals surface area contributed by atoms with Crippen molar-refractivity contribution < 1.29 is 0 Å². The van der Waals surface area contributed by atoms with Crippen molar-refractivity contribution in [1.82, 2.24) is 30.4 Å². The lowest BCUT2D eigenvalue weighted by atomic mass is 9.74. The number of rotatable bonds is 10. The fourth-order valence-corrected chi connectivity index (χ4v) is 6.09. The average molecular weight is 554 g/mol. The summed E-state index contributed by atoms with van der Waals surface area (Å²) in [6.07, 6.45) is 9.89. The number of nitrogens with one attached hydrogen (secondary N) is 3. The van der Waals surface area contributed by atoms with Crippen LogP contribution in [0.1, 0.15) is 93.3 Å². The molecular formula is C34H47N7. The van der Waals surface area contributed by atoms with E-state index in [0.29, 0.717) is 12.5 Å². The van der Waals surface area contributed by atoms with Crippen molar-refractivity contribution in [3.8, 4) is 33.6 Å². The Morgan fingerprint density at radius 3 is 2.51 bits per heavy atom. The molecule has 0 atom stereocenters. The van der Waals surface area contributed by atoms with E-state index in [4.69, 9.17) is 10.7 Å². The van der Waals surface area contributed by atoms with E-state index in [1.807, 2.05) is 20.0 Å². The lowest BCUT2D eigenvalue weighted by molar-refractivity contribution is 0.222. The van der Waals surface area contributed by atoms with Gasteiger partial charge in [-0.25, -0.2) is 15.0 Å². The van der Waals surface area contributed by atoms with E-state index in [2.05, 4.69) is 76.6 Å². The minimum Gasteiger partial charge on any atom is -0.344 e. The Balaban J connectivity index is 0.00000165. The SMILES string of the molecule is CC.CCCNN(C)Cc1nc2c([nH]1)CCc1cc(-c3ccc(-c4cnc(CN)[nH]4)cc3CC)c(C3CCC3)cc1-2. The average Bonchev–Trinajstić information content (AvgIpc) is 3.63. The maximum Gasteiger partial charge on any atom is 0.122 e. The van der Waals surface area contributed by atoms with Crippen molar-refractivity contribution in [2.75, 3.05) is 13.6 Å². The number of nitrogens with two attached hydrogens (primary N) is 1. The van der Waals surface area contributed by atoms with Gasteiger partial charge in [0.05, 0.1) is 30.7 Å². The molecular weight excluding hydrogens is 506 g/mol. The predicted molar refractivity (Wildman–Crippen MR) is 169 cm³/mol. The Bertz CT molecular complexity index is 1460. The van der Waals surface area contributed by atoms with Crippen LogP contribution in [0, 0.1) is 0 Å². The molecule has 218 valence electrons. The molecule has 0 amide bonds. The van der Waals surface area contributed by atoms with Crippen LogP contribution in [0.25, 0.3) is 33.6 Å². The third-order valence-corrected chi connectivity index (χ3v) is 8.48. The Hall–Kier alpha value is -3.26. The molecule has 41 heavy (non-hydrogen) atoms. The third-order valence-electron chi connectivity index (χ3n) is 8.48. The second kappa shape index (κ2) is 13.1. The van der Waals surface area contributed by atoms with Gasteiger partial charge in [-0.05, 0) is 90.0 Å². The van der Waals surface area contributed by atoms with Crippen LogP contribution < -0.4 is 11.2 Å². The molecule has 2 heterocycles. The molecule has 2 aliphatic rings. The predicted octanol–water partition coefficient (Wildman–Crippen LogP) is 6.89. The van der Waals surface area contributed by atoms with Crippen LogP contribution in [-0.2, 0) is 32.4 Å². The fraction of sp³-hybridized carbons (Fsp3) is 0.471. The van der Waals surface area contributed by atoms with Crippen LogP contribution in [-0.4, -0.2) is 38.5 Å². The molecule has 0 spiro atoms. The zero-order valence-corrected chi connectivity index (χ0v) is 25.5. The highest BCUT2D eigenvalue weighted by molar-refractivity contribution is 5.81. The number of aryl methyl sites for hydroxylation is 3. The number of aromatic nitrogens is 4. The lowest BCUT2D eigenvalue weighted by Gasteiger charge is -2.30. The molecule has 6 rings (SSSR count). The zero-order valence-electron chi connectivity index (χ0n) is 25.5. The van der Waals surface area contributed by atoms with E-state index >= 15 is 0 Å². The summed E-state index contributed by atoms with van der Waals surface area (Å²) < 4.78 is 0. The summed E-state index contributed by atoms with van der Waals surface area (Å²) in [6.45, 7) is 10.6. The number of nitrogens with zero attached hydrogens (tertiary/aromatic N) is 3. The Morgan fingerprint density at radius 1 is 1.00 bits per heavy atom. The summed E-state index contributed by atoms with van der Waals surface area (Å²) in [6, 6.07) is 11.9. The van der Waals surface area contributed by atoms with Gasteiger partial charge in [0.2, 0.25) is 0 Å². The van der Waals surface area contributed by atoms with Crippen molar-refractivity contribution >= 4 is 0 Å². The summed E-state index contributed by atoms with van der Waals surface area (Å²) >= 11 is 0. The van der Waals surface area contributed by atoms with E-state index in [1.165, 1.54) is 58.3 Å². The molecule has 0 radical (unpaired) electrons. The first-order valence-corrected chi connectivity index (χ1v) is 15.6. The summed E-state index contributed by atoms with van der Waals surface area (Å²) in [5, 5.41) is 2.13. The third kappa shape index (κ3) is 6.03. The molecule has 2 aliphatic carbocycles. The van der Waals surface area contributed by atoms with Crippen LogP contribution in [0.2, 0.25) is 0 Å². The molecule has 7 heteroatoms. The molecule has 1 saturated carbocycles. The van der Waals surface area contributed by atoms with E-state index in [9.17, 15) is 0 Å². The molecule has 0 bridgehead atoms. The van der Waals surface area contributed by atoms with Gasteiger partial charge in [-0.3, -0.25) is 5.43 Å². The fourth-order valence-electron chi connectivity index (χ4n) is 6.09. The van der Waals surface area contributed by atoms with E-state index in [1.54, 1.807) is 0 Å². The van der Waals surface area contributed by atoms with Gasteiger partial charge in [0.15, 0.2) is 0 Å². The highest BCUT2D eigenvalue weighted by atomic mass is 15.5. The quantitative estimate of drug-likeness (QED) is 0.160. The number of fused-ring (bicyclic) bond motifs is 3. The van der Waals surface area contributed by atoms with Gasteiger partial charge in [0, 0.05) is 24.8 Å². The first-order chi connectivity index (χ1) is 20.1. The molecule has 0 unspecified atom stereocenters. The Kier molecular flexibility index (Phi) is 9.38. The van der Waals surface area contributed by atoms with Crippen LogP contribution >= 0.6 is 0 Å². The highest BCUT2D eigenvalue weighted by Gasteiger charge is 2.28. The number of hydrazine groups is 1. The number of hydrogen-bond acceptors (Lipinski definition) is 5. The van der Waals surface area contributed by atoms with Crippen LogP contribution in [0.5, 0.6) is 0 Å². The maximum atomic E-state index is 5.78. The summed E-state index contributed by atoms with van der Waals surface area (Å²) in [7, 11) is 2.09. The Labute approximate surface area is 245 Å². The van der Waals surface area contributed by atoms with Crippen molar-refractivity contribution in [3.05, 3.63) is 70.6 Å². The number of H-pyrrole nitrogens is 2. The topological polar surface area (TPSA) is 98.7 Å². The maximum absolute atomic E-state index is 5.78. The summed E-state index contributed by atoms with van der Waals surface area (Å²) in [5.41, 5.74) is 22.2. The van der Waals surface area contributed by atoms with E-state index in [-0.39, 0.29) is 0 Å². The molecule has 5 N–H and O–H groups in total. The molecule has 2 aromatic carbocycles. The number of benzene rings is 2. The molecule has 2 aromatic heterocycles. The van der Waals surface area contributed by atoms with Crippen molar-refractivity contribution in [1.29, 1.82) is 0 Å². The van der Waals surface area contributed by atoms with Gasteiger partial charge in [-0.15, -0.1) is 0 Å². The zero-order chi connectivity index (χ0) is 28.9. The molecule has 1 fully saturated rings. The van der Waals surface area contributed by atoms with Crippen molar-refractivity contribution in [2.24, 2.45) is 5.73 Å². The standard InChI is InChI=1S/C32H41N7.C2H6/c1-4-13-35-39(3)19-31-36-28-12-10-22-15-27(25(21-7-6-8-21)16-26(22)32(28)38-31)24-11-9-23(14-20(24)5-2)29-18-34-30(17-33)37-29;1-2/h9,11,14-16,18,21,35H,4-8,10,12-13,17,19,33H2,1-3H3,(H,34,37)(H,36,38);1-2H3.